The Bertz CT molecular complexity index is 275. The van der Waals surface area contributed by atoms with Crippen LogP contribution in [0.1, 0.15) is 12.1 Å². The molecule has 66 valence electrons. The minimum Gasteiger partial charge on any atom is -0.481 e. The van der Waals surface area contributed by atoms with Crippen LogP contribution in [0.5, 0.6) is 0 Å². The van der Waals surface area contributed by atoms with E-state index >= 15 is 0 Å². The van der Waals surface area contributed by atoms with Gasteiger partial charge in [-0.2, -0.15) is 8.78 Å². The summed E-state index contributed by atoms with van der Waals surface area (Å²) in [7, 11) is 0. The van der Waals surface area contributed by atoms with E-state index in [1.807, 2.05) is 0 Å². The van der Waals surface area contributed by atoms with Gasteiger partial charge in [-0.05, 0) is 11.5 Å². The third-order valence-corrected chi connectivity index (χ3v) is 1.61. The van der Waals surface area contributed by atoms with Crippen molar-refractivity contribution in [3.8, 4) is 0 Å². The first-order valence-electron chi connectivity index (χ1n) is 2.89. The molecule has 0 saturated carbocycles. The molecule has 0 aliphatic rings. The van der Waals surface area contributed by atoms with Gasteiger partial charge < -0.3 is 5.11 Å². The van der Waals surface area contributed by atoms with Crippen LogP contribution in [-0.4, -0.2) is 20.7 Å². The first-order valence-corrected chi connectivity index (χ1v) is 3.73. The average Bonchev–Trinajstić information content (AvgIpc) is 2.32. The highest BCUT2D eigenvalue weighted by atomic mass is 32.1. The molecular weight excluding hydrogens is 190 g/mol. The Balaban J connectivity index is 2.79. The van der Waals surface area contributed by atoms with Crippen LogP contribution in [0.15, 0.2) is 5.38 Å². The van der Waals surface area contributed by atoms with E-state index in [1.165, 1.54) is 0 Å². The van der Waals surface area contributed by atoms with Gasteiger partial charge in [-0.1, -0.05) is 4.49 Å². The Kier molecular flexibility index (Phi) is 2.32. The van der Waals surface area contributed by atoms with Crippen molar-refractivity contribution in [1.29, 1.82) is 0 Å². The number of halogens is 2. The smallest absolute Gasteiger partial charge is 0.309 e. The van der Waals surface area contributed by atoms with Crippen molar-refractivity contribution in [3.63, 3.8) is 0 Å². The first kappa shape index (κ1) is 8.98. The van der Waals surface area contributed by atoms with E-state index < -0.39 is 24.0 Å². The molecule has 7 heteroatoms. The van der Waals surface area contributed by atoms with Gasteiger partial charge >= 0.3 is 11.9 Å². The molecule has 0 bridgehead atoms. The molecule has 0 saturated heterocycles. The maximum Gasteiger partial charge on any atom is 0.309 e. The number of nitrogens with zero attached hydrogens (tertiary/aromatic N) is 2. The lowest BCUT2D eigenvalue weighted by molar-refractivity contribution is -0.145. The number of hydrogen-bond acceptors (Lipinski definition) is 4. The van der Waals surface area contributed by atoms with E-state index in [2.05, 4.69) is 9.59 Å². The topological polar surface area (TPSA) is 63.1 Å². The zero-order valence-corrected chi connectivity index (χ0v) is 6.52. The summed E-state index contributed by atoms with van der Waals surface area (Å²) in [4.78, 5) is 9.99. The molecule has 1 aromatic rings. The zero-order chi connectivity index (χ0) is 9.19. The van der Waals surface area contributed by atoms with Crippen LogP contribution in [0.25, 0.3) is 0 Å². The summed E-state index contributed by atoms with van der Waals surface area (Å²) in [5, 5.41) is 12.2. The lowest BCUT2D eigenvalue weighted by Gasteiger charge is -2.08. The van der Waals surface area contributed by atoms with Crippen LogP contribution < -0.4 is 0 Å². The van der Waals surface area contributed by atoms with Crippen LogP contribution in [-0.2, 0) is 10.7 Å². The number of alkyl halides is 2. The summed E-state index contributed by atoms with van der Waals surface area (Å²) in [5.41, 5.74) is -0.588. The number of carboxylic acid groups (broad SMARTS) is 1. The molecule has 0 aliphatic heterocycles. The predicted molar refractivity (Wildman–Crippen MR) is 36.1 cm³/mol. The number of carbonyl (C=O) groups is 1. The zero-order valence-electron chi connectivity index (χ0n) is 5.70. The molecule has 0 amide bonds. The molecule has 0 atom stereocenters. The fourth-order valence-electron chi connectivity index (χ4n) is 0.604. The maximum absolute atomic E-state index is 12.8. The highest BCUT2D eigenvalue weighted by Crippen LogP contribution is 2.30. The van der Waals surface area contributed by atoms with E-state index in [0.29, 0.717) is 0 Å². The van der Waals surface area contributed by atoms with E-state index in [9.17, 15) is 13.6 Å². The molecule has 0 fully saturated rings. The standard InChI is InChI=1S/C5H4F2N2O2S/c6-5(7,1-4(10)11)3-2-12-9-8-3/h2H,1H2,(H,10,11). The van der Waals surface area contributed by atoms with Crippen molar-refractivity contribution < 1.29 is 18.7 Å². The second-order valence-corrected chi connectivity index (χ2v) is 2.67. The number of carboxylic acids is 1. The van der Waals surface area contributed by atoms with Crippen LogP contribution in [0.2, 0.25) is 0 Å². The van der Waals surface area contributed by atoms with Gasteiger partial charge in [-0.25, -0.2) is 0 Å². The Morgan fingerprint density at radius 3 is 2.83 bits per heavy atom. The van der Waals surface area contributed by atoms with Crippen molar-refractivity contribution in [3.05, 3.63) is 11.1 Å². The summed E-state index contributed by atoms with van der Waals surface area (Å²) >= 11 is 0.760. The molecule has 0 aliphatic carbocycles. The van der Waals surface area contributed by atoms with Crippen LogP contribution in [0.3, 0.4) is 0 Å². The molecule has 0 radical (unpaired) electrons. The van der Waals surface area contributed by atoms with E-state index in [0.717, 1.165) is 16.9 Å². The Labute approximate surface area is 70.0 Å². The summed E-state index contributed by atoms with van der Waals surface area (Å²) < 4.78 is 28.7. The second kappa shape index (κ2) is 3.10. The molecule has 0 aromatic carbocycles. The van der Waals surface area contributed by atoms with E-state index in [-0.39, 0.29) is 0 Å². The molecule has 0 spiro atoms. The minimum absolute atomic E-state index is 0.588. The molecule has 1 heterocycles. The lowest BCUT2D eigenvalue weighted by atomic mass is 10.2. The van der Waals surface area contributed by atoms with Gasteiger partial charge in [0.05, 0.1) is 0 Å². The fourth-order valence-corrected chi connectivity index (χ4v) is 1.11. The van der Waals surface area contributed by atoms with E-state index in [1.54, 1.807) is 0 Å². The second-order valence-electron chi connectivity index (χ2n) is 2.07. The predicted octanol–water partition coefficient (Wildman–Crippen LogP) is 1.10. The van der Waals surface area contributed by atoms with Gasteiger partial charge in [0.2, 0.25) is 0 Å². The normalized spacial score (nSPS) is 11.5. The largest absolute Gasteiger partial charge is 0.481 e. The Morgan fingerprint density at radius 1 is 1.75 bits per heavy atom. The summed E-state index contributed by atoms with van der Waals surface area (Å²) in [6.07, 6.45) is -1.25. The highest BCUT2D eigenvalue weighted by Gasteiger charge is 2.37. The number of hydrogen-bond donors (Lipinski definition) is 1. The van der Waals surface area contributed by atoms with Crippen LogP contribution in [0.4, 0.5) is 8.78 Å². The van der Waals surface area contributed by atoms with Crippen LogP contribution in [0, 0.1) is 0 Å². The van der Waals surface area contributed by atoms with Gasteiger partial charge in [0.15, 0.2) is 0 Å². The summed E-state index contributed by atoms with van der Waals surface area (Å²) in [6, 6.07) is 0. The highest BCUT2D eigenvalue weighted by molar-refractivity contribution is 7.03. The third kappa shape index (κ3) is 1.94. The van der Waals surface area contributed by atoms with Gasteiger partial charge in [-0.15, -0.1) is 5.10 Å². The Hall–Kier alpha value is -1.11. The van der Waals surface area contributed by atoms with Gasteiger partial charge in [0.1, 0.15) is 12.1 Å². The SMILES string of the molecule is O=C(O)CC(F)(F)c1csnn1. The molecular formula is C5H4F2N2O2S. The van der Waals surface area contributed by atoms with Crippen molar-refractivity contribution in [2.45, 2.75) is 12.3 Å². The monoisotopic (exact) mass is 194 g/mol. The molecule has 4 nitrogen and oxygen atoms in total. The van der Waals surface area contributed by atoms with Crippen LogP contribution >= 0.6 is 11.5 Å². The number of aliphatic carboxylic acids is 1. The number of rotatable bonds is 3. The van der Waals surface area contributed by atoms with Crippen molar-refractivity contribution in [2.24, 2.45) is 0 Å². The molecule has 1 N–H and O–H groups in total. The van der Waals surface area contributed by atoms with E-state index in [4.69, 9.17) is 5.11 Å². The quantitative estimate of drug-likeness (QED) is 0.782. The fraction of sp³-hybridized carbons (Fsp3) is 0.400. The average molecular weight is 194 g/mol. The minimum atomic E-state index is -3.42. The Morgan fingerprint density at radius 2 is 2.42 bits per heavy atom. The van der Waals surface area contributed by atoms with Gasteiger partial charge in [0.25, 0.3) is 0 Å². The first-order chi connectivity index (χ1) is 5.52. The third-order valence-electron chi connectivity index (χ3n) is 1.11. The lowest BCUT2D eigenvalue weighted by Crippen LogP contribution is -2.18. The van der Waals surface area contributed by atoms with Crippen molar-refractivity contribution in [1.82, 2.24) is 9.59 Å². The summed E-state index contributed by atoms with van der Waals surface area (Å²) in [6.45, 7) is 0. The maximum atomic E-state index is 12.8. The van der Waals surface area contributed by atoms with Gasteiger partial charge in [-0.3, -0.25) is 4.79 Å². The molecule has 12 heavy (non-hydrogen) atoms. The number of aromatic nitrogens is 2. The molecule has 1 rings (SSSR count). The van der Waals surface area contributed by atoms with Gasteiger partial charge in [0, 0.05) is 5.38 Å². The molecule has 0 unspecified atom stereocenters. The summed E-state index contributed by atoms with van der Waals surface area (Å²) in [5.74, 6) is -4.98. The molecule has 1 aromatic heterocycles. The van der Waals surface area contributed by atoms with Crippen molar-refractivity contribution in [2.75, 3.05) is 0 Å². The van der Waals surface area contributed by atoms with Crippen molar-refractivity contribution >= 4 is 17.5 Å².